The Balaban J connectivity index is 1.21. The molecule has 0 spiro atoms. The lowest BCUT2D eigenvalue weighted by Crippen LogP contribution is -2.36. The highest BCUT2D eigenvalue weighted by Crippen LogP contribution is 2.41. The lowest BCUT2D eigenvalue weighted by molar-refractivity contribution is 0.218. The van der Waals surface area contributed by atoms with Crippen LogP contribution >= 0.6 is 11.3 Å². The van der Waals surface area contributed by atoms with Crippen molar-refractivity contribution in [1.82, 2.24) is 30.0 Å². The van der Waals surface area contributed by atoms with Gasteiger partial charge in [-0.1, -0.05) is 5.10 Å². The first kappa shape index (κ1) is 18.1. The summed E-state index contributed by atoms with van der Waals surface area (Å²) < 4.78 is 5.02. The molecule has 29 heavy (non-hydrogen) atoms. The molecule has 2 amide bonds. The van der Waals surface area contributed by atoms with Crippen molar-refractivity contribution in [2.24, 2.45) is 11.8 Å². The summed E-state index contributed by atoms with van der Waals surface area (Å²) >= 11 is 1.22. The van der Waals surface area contributed by atoms with Gasteiger partial charge in [0, 0.05) is 32.4 Å². The summed E-state index contributed by atoms with van der Waals surface area (Å²) in [6.45, 7) is 1.53. The molecule has 0 aromatic carbocycles. The Morgan fingerprint density at radius 1 is 1.31 bits per heavy atom. The number of nitrogens with zero attached hydrogens (tertiary/aromatic N) is 6. The maximum absolute atomic E-state index is 12.6. The van der Waals surface area contributed by atoms with Gasteiger partial charge in [0.05, 0.1) is 12.5 Å². The number of H-pyrrole nitrogens is 1. The monoisotopic (exact) mass is 414 g/mol. The predicted octanol–water partition coefficient (Wildman–Crippen LogP) is 2.20. The molecule has 5 rings (SSSR count). The highest BCUT2D eigenvalue weighted by molar-refractivity contribution is 7.17. The van der Waals surface area contributed by atoms with Crippen LogP contribution in [0.4, 0.5) is 15.7 Å². The molecule has 11 heteroatoms. The third kappa shape index (κ3) is 3.24. The van der Waals surface area contributed by atoms with Crippen molar-refractivity contribution < 1.29 is 9.53 Å². The van der Waals surface area contributed by atoms with Crippen LogP contribution in [0.2, 0.25) is 0 Å². The molecule has 2 aliphatic rings. The van der Waals surface area contributed by atoms with Gasteiger partial charge in [-0.25, -0.2) is 14.8 Å². The molecule has 152 valence electrons. The number of carbonyl (C=O) groups excluding carboxylic acids is 1. The topological polar surface area (TPSA) is 112 Å². The number of nitrogens with one attached hydrogen (secondary N) is 2. The fraction of sp³-hybridized carbons (Fsp3) is 0.500. The molecule has 1 aliphatic heterocycles. The van der Waals surface area contributed by atoms with Gasteiger partial charge in [0.25, 0.3) is 5.19 Å². The van der Waals surface area contributed by atoms with Gasteiger partial charge in [-0.15, -0.1) is 5.10 Å². The van der Waals surface area contributed by atoms with Gasteiger partial charge in [-0.2, -0.15) is 0 Å². The van der Waals surface area contributed by atoms with Crippen molar-refractivity contribution >= 4 is 39.4 Å². The van der Waals surface area contributed by atoms with E-state index in [1.165, 1.54) is 18.4 Å². The number of aromatic nitrogens is 5. The second kappa shape index (κ2) is 7.14. The van der Waals surface area contributed by atoms with E-state index in [4.69, 9.17) is 4.74 Å². The molecule has 1 saturated carbocycles. The number of methoxy groups -OCH3 is 1. The third-order valence-electron chi connectivity index (χ3n) is 6.02. The van der Waals surface area contributed by atoms with Crippen molar-refractivity contribution in [3.63, 3.8) is 0 Å². The van der Waals surface area contributed by atoms with Crippen molar-refractivity contribution in [2.75, 3.05) is 37.5 Å². The Morgan fingerprint density at radius 2 is 2.10 bits per heavy atom. The first-order chi connectivity index (χ1) is 14.1. The molecule has 1 aliphatic carbocycles. The summed E-state index contributed by atoms with van der Waals surface area (Å²) in [5.74, 6) is 1.96. The number of hydrogen-bond donors (Lipinski definition) is 2. The molecule has 2 fully saturated rings. The van der Waals surface area contributed by atoms with E-state index in [2.05, 4.69) is 42.4 Å². The summed E-state index contributed by atoms with van der Waals surface area (Å²) in [7, 11) is 3.64. The van der Waals surface area contributed by atoms with Crippen LogP contribution < -0.4 is 15.0 Å². The van der Waals surface area contributed by atoms with E-state index in [0.29, 0.717) is 28.2 Å². The van der Waals surface area contributed by atoms with Gasteiger partial charge < -0.3 is 19.5 Å². The van der Waals surface area contributed by atoms with Gasteiger partial charge in [0.1, 0.15) is 17.8 Å². The number of carbonyl (C=O) groups is 1. The van der Waals surface area contributed by atoms with E-state index in [1.807, 2.05) is 17.2 Å². The first-order valence-corrected chi connectivity index (χ1v) is 10.4. The standard InChI is InChI=1S/C18H22N8O2S/c1-25(15-13-3-4-19-14(13)20-9-21-15)12-5-10-7-26(8-11(10)6-12)17(27)22-16-23-24-18(28-2)29-16/h3-4,9-12H,5-8H2,1-2H3,(H,19,20,21)(H,22,23,27)/t10-,11+,12-. The van der Waals surface area contributed by atoms with Gasteiger partial charge in [0.15, 0.2) is 0 Å². The molecule has 2 N–H and O–H groups in total. The number of hydrogen-bond acceptors (Lipinski definition) is 8. The molecular weight excluding hydrogens is 392 g/mol. The first-order valence-electron chi connectivity index (χ1n) is 9.56. The molecule has 3 atom stereocenters. The zero-order chi connectivity index (χ0) is 20.0. The summed E-state index contributed by atoms with van der Waals surface area (Å²) in [5, 5.41) is 12.5. The van der Waals surface area contributed by atoms with Crippen molar-refractivity contribution in [1.29, 1.82) is 0 Å². The Labute approximate surface area is 171 Å². The maximum atomic E-state index is 12.6. The second-order valence-corrected chi connectivity index (χ2v) is 8.55. The fourth-order valence-corrected chi connectivity index (χ4v) is 5.13. The van der Waals surface area contributed by atoms with E-state index >= 15 is 0 Å². The van der Waals surface area contributed by atoms with Gasteiger partial charge in [-0.05, 0) is 42.1 Å². The average Bonchev–Trinajstić information content (AvgIpc) is 3.48. The number of urea groups is 1. The highest BCUT2D eigenvalue weighted by Gasteiger charge is 2.44. The normalized spacial score (nSPS) is 23.4. The van der Waals surface area contributed by atoms with Gasteiger partial charge in [0.2, 0.25) is 5.13 Å². The molecule has 0 radical (unpaired) electrons. The fourth-order valence-electron chi connectivity index (χ4n) is 4.58. The number of amides is 2. The minimum atomic E-state index is -0.118. The van der Waals surface area contributed by atoms with Crippen LogP contribution in [-0.2, 0) is 0 Å². The summed E-state index contributed by atoms with van der Waals surface area (Å²) in [6.07, 6.45) is 5.60. The van der Waals surface area contributed by atoms with E-state index in [9.17, 15) is 4.79 Å². The predicted molar refractivity (Wildman–Crippen MR) is 109 cm³/mol. The molecular formula is C18H22N8O2S. The molecule has 3 aromatic heterocycles. The van der Waals surface area contributed by atoms with Crippen molar-refractivity contribution in [2.45, 2.75) is 18.9 Å². The van der Waals surface area contributed by atoms with Crippen LogP contribution in [0.25, 0.3) is 11.0 Å². The summed E-state index contributed by atoms with van der Waals surface area (Å²) in [4.78, 5) is 28.7. The SMILES string of the molecule is COc1nnc(NC(=O)N2C[C@H]3C[C@@H](N(C)c4ncnc5[nH]ccc45)C[C@H]3C2)s1. The van der Waals surface area contributed by atoms with Crippen LogP contribution in [0.3, 0.4) is 0 Å². The van der Waals surface area contributed by atoms with Crippen LogP contribution in [0.1, 0.15) is 12.8 Å². The molecule has 3 aromatic rings. The minimum Gasteiger partial charge on any atom is -0.472 e. The zero-order valence-electron chi connectivity index (χ0n) is 16.2. The van der Waals surface area contributed by atoms with E-state index < -0.39 is 0 Å². The summed E-state index contributed by atoms with van der Waals surface area (Å²) in [5.41, 5.74) is 0.858. The van der Waals surface area contributed by atoms with E-state index in [1.54, 1.807) is 6.33 Å². The molecule has 1 saturated heterocycles. The largest absolute Gasteiger partial charge is 0.472 e. The summed E-state index contributed by atoms with van der Waals surface area (Å²) in [6, 6.07) is 2.31. The van der Waals surface area contributed by atoms with Crippen LogP contribution in [0, 0.1) is 11.8 Å². The average molecular weight is 414 g/mol. The Kier molecular flexibility index (Phi) is 4.46. The number of ether oxygens (including phenoxy) is 1. The van der Waals surface area contributed by atoms with Crippen LogP contribution in [0.5, 0.6) is 5.19 Å². The number of rotatable bonds is 4. The molecule has 10 nitrogen and oxygen atoms in total. The number of likely N-dealkylation sites (tertiary alicyclic amines) is 1. The minimum absolute atomic E-state index is 0.118. The highest BCUT2D eigenvalue weighted by atomic mass is 32.1. The number of anilines is 2. The zero-order valence-corrected chi connectivity index (χ0v) is 17.0. The second-order valence-electron chi connectivity index (χ2n) is 7.61. The van der Waals surface area contributed by atoms with Gasteiger partial charge in [-0.3, -0.25) is 5.32 Å². The van der Waals surface area contributed by atoms with Crippen molar-refractivity contribution in [3.05, 3.63) is 18.6 Å². The maximum Gasteiger partial charge on any atom is 0.323 e. The van der Waals surface area contributed by atoms with Gasteiger partial charge >= 0.3 is 6.03 Å². The number of fused-ring (bicyclic) bond motifs is 2. The van der Waals surface area contributed by atoms with Crippen molar-refractivity contribution in [3.8, 4) is 5.19 Å². The quantitative estimate of drug-likeness (QED) is 0.673. The molecule has 0 unspecified atom stereocenters. The Hall–Kier alpha value is -2.95. The van der Waals surface area contributed by atoms with Crippen LogP contribution in [-0.4, -0.2) is 69.4 Å². The number of aromatic amines is 1. The lowest BCUT2D eigenvalue weighted by atomic mass is 10.0. The Bertz CT molecular complexity index is 1020. The molecule has 4 heterocycles. The lowest BCUT2D eigenvalue weighted by Gasteiger charge is -2.27. The van der Waals surface area contributed by atoms with Crippen LogP contribution in [0.15, 0.2) is 18.6 Å². The smallest absolute Gasteiger partial charge is 0.323 e. The molecule has 0 bridgehead atoms. The Morgan fingerprint density at radius 3 is 2.83 bits per heavy atom. The van der Waals surface area contributed by atoms with E-state index in [0.717, 1.165) is 42.8 Å². The third-order valence-corrected chi connectivity index (χ3v) is 6.82. The van der Waals surface area contributed by atoms with E-state index in [-0.39, 0.29) is 6.03 Å².